The molecular formula is C8H11ClN2O. The normalized spacial score (nSPS) is 12.7. The second kappa shape index (κ2) is 3.74. The van der Waals surface area contributed by atoms with E-state index in [1.54, 1.807) is 13.2 Å². The third kappa shape index (κ3) is 1.87. The SMILES string of the molecule is COc1ncc(Cl)cc1C(C)N. The Balaban J connectivity index is 3.12. The maximum Gasteiger partial charge on any atom is 0.217 e. The first-order valence-electron chi connectivity index (χ1n) is 3.60. The van der Waals surface area contributed by atoms with E-state index in [2.05, 4.69) is 4.98 Å². The van der Waals surface area contributed by atoms with E-state index in [-0.39, 0.29) is 6.04 Å². The molecule has 1 heterocycles. The first kappa shape index (κ1) is 9.29. The molecule has 0 fully saturated rings. The minimum Gasteiger partial charge on any atom is -0.481 e. The van der Waals surface area contributed by atoms with Crippen molar-refractivity contribution in [2.45, 2.75) is 13.0 Å². The van der Waals surface area contributed by atoms with Crippen LogP contribution in [0.2, 0.25) is 5.02 Å². The molecular weight excluding hydrogens is 176 g/mol. The highest BCUT2D eigenvalue weighted by Crippen LogP contribution is 2.23. The Morgan fingerprint density at radius 2 is 2.33 bits per heavy atom. The largest absolute Gasteiger partial charge is 0.481 e. The fourth-order valence-electron chi connectivity index (χ4n) is 0.939. The zero-order valence-corrected chi connectivity index (χ0v) is 7.80. The summed E-state index contributed by atoms with van der Waals surface area (Å²) in [6, 6.07) is 1.64. The fraction of sp³-hybridized carbons (Fsp3) is 0.375. The molecule has 1 aromatic rings. The van der Waals surface area contributed by atoms with Crippen molar-refractivity contribution in [3.8, 4) is 5.88 Å². The lowest BCUT2D eigenvalue weighted by molar-refractivity contribution is 0.389. The van der Waals surface area contributed by atoms with Crippen molar-refractivity contribution in [3.05, 3.63) is 22.8 Å². The van der Waals surface area contributed by atoms with Gasteiger partial charge in [-0.3, -0.25) is 0 Å². The Labute approximate surface area is 76.5 Å². The lowest BCUT2D eigenvalue weighted by Crippen LogP contribution is -2.07. The number of halogens is 1. The molecule has 0 amide bonds. The number of aromatic nitrogens is 1. The van der Waals surface area contributed by atoms with E-state index in [1.165, 1.54) is 6.20 Å². The maximum absolute atomic E-state index is 5.74. The number of nitrogens with zero attached hydrogens (tertiary/aromatic N) is 1. The van der Waals surface area contributed by atoms with Crippen LogP contribution >= 0.6 is 11.6 Å². The topological polar surface area (TPSA) is 48.1 Å². The Morgan fingerprint density at radius 1 is 1.67 bits per heavy atom. The summed E-state index contributed by atoms with van der Waals surface area (Å²) in [6.45, 7) is 1.86. The van der Waals surface area contributed by atoms with Crippen LogP contribution in [-0.2, 0) is 0 Å². The summed E-state index contributed by atoms with van der Waals surface area (Å²) in [4.78, 5) is 3.98. The van der Waals surface area contributed by atoms with Crippen molar-refractivity contribution in [3.63, 3.8) is 0 Å². The van der Waals surface area contributed by atoms with E-state index < -0.39 is 0 Å². The fourth-order valence-corrected chi connectivity index (χ4v) is 1.11. The van der Waals surface area contributed by atoms with Crippen molar-refractivity contribution in [2.24, 2.45) is 5.73 Å². The summed E-state index contributed by atoms with van der Waals surface area (Å²) in [7, 11) is 1.56. The molecule has 0 saturated heterocycles. The number of methoxy groups -OCH3 is 1. The van der Waals surface area contributed by atoms with E-state index in [4.69, 9.17) is 22.1 Å². The Bertz CT molecular complexity index is 276. The molecule has 3 nitrogen and oxygen atoms in total. The Hall–Kier alpha value is -0.800. The lowest BCUT2D eigenvalue weighted by Gasteiger charge is -2.09. The van der Waals surface area contributed by atoms with E-state index >= 15 is 0 Å². The first-order valence-corrected chi connectivity index (χ1v) is 3.98. The van der Waals surface area contributed by atoms with Gasteiger partial charge in [-0.1, -0.05) is 11.6 Å². The van der Waals surface area contributed by atoms with Crippen LogP contribution in [0.4, 0.5) is 0 Å². The van der Waals surface area contributed by atoms with E-state index in [9.17, 15) is 0 Å². The molecule has 0 aliphatic heterocycles. The van der Waals surface area contributed by atoms with Gasteiger partial charge >= 0.3 is 0 Å². The van der Waals surface area contributed by atoms with Crippen molar-refractivity contribution in [1.29, 1.82) is 0 Å². The standard InChI is InChI=1S/C8H11ClN2O/c1-5(10)7-3-6(9)4-11-8(7)12-2/h3-5H,10H2,1-2H3. The predicted molar refractivity (Wildman–Crippen MR) is 48.4 cm³/mol. The molecule has 1 atom stereocenters. The summed E-state index contributed by atoms with van der Waals surface area (Å²) in [6.07, 6.45) is 1.53. The number of pyridine rings is 1. The molecule has 2 N–H and O–H groups in total. The quantitative estimate of drug-likeness (QED) is 0.766. The summed E-state index contributed by atoms with van der Waals surface area (Å²) >= 11 is 5.74. The number of hydrogen-bond acceptors (Lipinski definition) is 3. The molecule has 0 saturated carbocycles. The molecule has 4 heteroatoms. The van der Waals surface area contributed by atoms with Crippen LogP contribution in [-0.4, -0.2) is 12.1 Å². The molecule has 0 spiro atoms. The molecule has 1 rings (SSSR count). The third-order valence-electron chi connectivity index (χ3n) is 1.53. The Morgan fingerprint density at radius 3 is 2.83 bits per heavy atom. The summed E-state index contributed by atoms with van der Waals surface area (Å²) in [5, 5.41) is 0.572. The van der Waals surface area contributed by atoms with Gasteiger partial charge in [-0.2, -0.15) is 0 Å². The van der Waals surface area contributed by atoms with E-state index in [0.717, 1.165) is 5.56 Å². The lowest BCUT2D eigenvalue weighted by atomic mass is 10.1. The molecule has 0 aliphatic rings. The van der Waals surface area contributed by atoms with Crippen LogP contribution in [0.25, 0.3) is 0 Å². The molecule has 0 bridgehead atoms. The number of rotatable bonds is 2. The van der Waals surface area contributed by atoms with Crippen LogP contribution in [0.5, 0.6) is 5.88 Å². The first-order chi connectivity index (χ1) is 5.65. The van der Waals surface area contributed by atoms with Gasteiger partial charge in [-0.25, -0.2) is 4.98 Å². The second-order valence-corrected chi connectivity index (χ2v) is 2.98. The van der Waals surface area contributed by atoms with Crippen LogP contribution in [0.1, 0.15) is 18.5 Å². The summed E-state index contributed by atoms with van der Waals surface area (Å²) in [5.74, 6) is 0.536. The highest BCUT2D eigenvalue weighted by molar-refractivity contribution is 6.30. The van der Waals surface area contributed by atoms with Crippen LogP contribution in [0.15, 0.2) is 12.3 Å². The molecule has 0 aromatic carbocycles. The molecule has 1 aromatic heterocycles. The average Bonchev–Trinajstić information content (AvgIpc) is 2.04. The zero-order valence-electron chi connectivity index (χ0n) is 7.04. The molecule has 12 heavy (non-hydrogen) atoms. The predicted octanol–water partition coefficient (Wildman–Crippen LogP) is 1.76. The highest BCUT2D eigenvalue weighted by Gasteiger charge is 2.08. The highest BCUT2D eigenvalue weighted by atomic mass is 35.5. The number of hydrogen-bond donors (Lipinski definition) is 1. The van der Waals surface area contributed by atoms with Crippen LogP contribution in [0.3, 0.4) is 0 Å². The minimum absolute atomic E-state index is 0.119. The number of ether oxygens (including phenoxy) is 1. The average molecular weight is 187 g/mol. The van der Waals surface area contributed by atoms with E-state index in [1.807, 2.05) is 6.92 Å². The summed E-state index contributed by atoms with van der Waals surface area (Å²) in [5.41, 5.74) is 6.50. The van der Waals surface area contributed by atoms with Gasteiger partial charge in [0.2, 0.25) is 5.88 Å². The molecule has 1 unspecified atom stereocenters. The van der Waals surface area contributed by atoms with Gasteiger partial charge in [-0.05, 0) is 13.0 Å². The molecule has 0 aliphatic carbocycles. The minimum atomic E-state index is -0.119. The van der Waals surface area contributed by atoms with Gasteiger partial charge in [0, 0.05) is 17.8 Å². The van der Waals surface area contributed by atoms with Crippen molar-refractivity contribution >= 4 is 11.6 Å². The number of nitrogens with two attached hydrogens (primary N) is 1. The molecule has 0 radical (unpaired) electrons. The Kier molecular flexibility index (Phi) is 2.89. The van der Waals surface area contributed by atoms with Gasteiger partial charge < -0.3 is 10.5 Å². The van der Waals surface area contributed by atoms with Gasteiger partial charge in [0.05, 0.1) is 12.1 Å². The zero-order chi connectivity index (χ0) is 9.14. The van der Waals surface area contributed by atoms with Crippen molar-refractivity contribution < 1.29 is 4.74 Å². The van der Waals surface area contributed by atoms with Crippen molar-refractivity contribution in [1.82, 2.24) is 4.98 Å². The van der Waals surface area contributed by atoms with Gasteiger partial charge in [-0.15, -0.1) is 0 Å². The van der Waals surface area contributed by atoms with Gasteiger partial charge in [0.1, 0.15) is 0 Å². The third-order valence-corrected chi connectivity index (χ3v) is 1.74. The van der Waals surface area contributed by atoms with Crippen LogP contribution < -0.4 is 10.5 Å². The van der Waals surface area contributed by atoms with Gasteiger partial charge in [0.25, 0.3) is 0 Å². The molecule has 66 valence electrons. The second-order valence-electron chi connectivity index (χ2n) is 2.54. The monoisotopic (exact) mass is 186 g/mol. The van der Waals surface area contributed by atoms with Gasteiger partial charge in [0.15, 0.2) is 0 Å². The smallest absolute Gasteiger partial charge is 0.217 e. The summed E-state index contributed by atoms with van der Waals surface area (Å²) < 4.78 is 5.01. The van der Waals surface area contributed by atoms with E-state index in [0.29, 0.717) is 10.9 Å². The van der Waals surface area contributed by atoms with Crippen LogP contribution in [0, 0.1) is 0 Å². The maximum atomic E-state index is 5.74. The van der Waals surface area contributed by atoms with Crippen molar-refractivity contribution in [2.75, 3.05) is 7.11 Å².